The van der Waals surface area contributed by atoms with Gasteiger partial charge in [0.2, 0.25) is 0 Å². The Morgan fingerprint density at radius 3 is 2.85 bits per heavy atom. The number of halogens is 1. The molecule has 2 rings (SSSR count). The summed E-state index contributed by atoms with van der Waals surface area (Å²) in [7, 11) is 3.95. The highest BCUT2D eigenvalue weighted by Crippen LogP contribution is 2.28. The number of hydrogen-bond donors (Lipinski definition) is 1. The van der Waals surface area contributed by atoms with Crippen LogP contribution in [0.3, 0.4) is 0 Å². The van der Waals surface area contributed by atoms with E-state index in [0.29, 0.717) is 12.3 Å². The molecule has 0 bridgehead atoms. The molecule has 1 aromatic carbocycles. The van der Waals surface area contributed by atoms with Crippen molar-refractivity contribution in [3.63, 3.8) is 0 Å². The normalized spacial score (nSPS) is 10.8. The third kappa shape index (κ3) is 5.71. The van der Waals surface area contributed by atoms with Gasteiger partial charge in [-0.2, -0.15) is 5.10 Å². The first kappa shape index (κ1) is 19.7. The van der Waals surface area contributed by atoms with Gasteiger partial charge in [0, 0.05) is 24.9 Å². The van der Waals surface area contributed by atoms with Gasteiger partial charge in [-0.3, -0.25) is 14.9 Å². The number of aromatic nitrogens is 2. The van der Waals surface area contributed by atoms with Gasteiger partial charge in [-0.05, 0) is 39.2 Å². The van der Waals surface area contributed by atoms with Gasteiger partial charge in [-0.25, -0.2) is 4.68 Å². The van der Waals surface area contributed by atoms with Crippen LogP contribution in [-0.4, -0.2) is 52.7 Å². The van der Waals surface area contributed by atoms with Crippen LogP contribution in [0, 0.1) is 10.1 Å². The van der Waals surface area contributed by atoms with E-state index < -0.39 is 4.92 Å². The highest BCUT2D eigenvalue weighted by Gasteiger charge is 2.12. The second-order valence-electron chi connectivity index (χ2n) is 5.80. The van der Waals surface area contributed by atoms with Crippen molar-refractivity contribution in [2.24, 2.45) is 0 Å². The summed E-state index contributed by atoms with van der Waals surface area (Å²) in [6.07, 6.45) is 2.45. The summed E-state index contributed by atoms with van der Waals surface area (Å²) >= 11 is 5.96. The van der Waals surface area contributed by atoms with Crippen LogP contribution >= 0.6 is 11.6 Å². The van der Waals surface area contributed by atoms with Gasteiger partial charge in [-0.1, -0.05) is 11.6 Å². The van der Waals surface area contributed by atoms with Crippen LogP contribution in [0.15, 0.2) is 30.5 Å². The quantitative estimate of drug-likeness (QED) is 0.405. The average molecular weight is 382 g/mol. The fourth-order valence-corrected chi connectivity index (χ4v) is 2.33. The van der Waals surface area contributed by atoms with Crippen LogP contribution in [-0.2, 0) is 6.73 Å². The lowest BCUT2D eigenvalue weighted by Crippen LogP contribution is -2.27. The maximum Gasteiger partial charge on any atom is 0.271 e. The standard InChI is InChI=1S/C16H20ClN5O4/c1-20(2)8-3-7-18-16(23)14-6-9-21(19-14)11-26-15-5-4-12(22(24)25)10-13(15)17/h4-6,9-10H,3,7-8,11H2,1-2H3,(H,18,23). The number of nitrogens with zero attached hydrogens (tertiary/aromatic N) is 4. The molecular weight excluding hydrogens is 362 g/mol. The molecule has 140 valence electrons. The lowest BCUT2D eigenvalue weighted by atomic mass is 10.3. The van der Waals surface area contributed by atoms with E-state index in [-0.39, 0.29) is 29.0 Å². The molecule has 0 saturated carbocycles. The number of ether oxygens (including phenoxy) is 1. The largest absolute Gasteiger partial charge is 0.470 e. The Hall–Kier alpha value is -2.65. The molecule has 0 spiro atoms. The van der Waals surface area contributed by atoms with Crippen molar-refractivity contribution < 1.29 is 14.5 Å². The molecule has 2 aromatic rings. The van der Waals surface area contributed by atoms with Gasteiger partial charge in [0.25, 0.3) is 11.6 Å². The molecule has 1 heterocycles. The molecule has 1 aromatic heterocycles. The van der Waals surface area contributed by atoms with E-state index in [2.05, 4.69) is 10.4 Å². The number of carbonyl (C=O) groups is 1. The van der Waals surface area contributed by atoms with Gasteiger partial charge in [0.05, 0.1) is 9.95 Å². The molecule has 0 fully saturated rings. The first-order chi connectivity index (χ1) is 12.4. The maximum absolute atomic E-state index is 12.0. The van der Waals surface area contributed by atoms with Crippen LogP contribution in [0.1, 0.15) is 16.9 Å². The third-order valence-corrected chi connectivity index (χ3v) is 3.71. The molecule has 0 aliphatic heterocycles. The monoisotopic (exact) mass is 381 g/mol. The molecule has 1 N–H and O–H groups in total. The Morgan fingerprint density at radius 2 is 2.19 bits per heavy atom. The zero-order chi connectivity index (χ0) is 19.1. The number of nitrogens with one attached hydrogen (secondary N) is 1. The molecule has 0 radical (unpaired) electrons. The van der Waals surface area contributed by atoms with Gasteiger partial charge < -0.3 is 15.0 Å². The lowest BCUT2D eigenvalue weighted by molar-refractivity contribution is -0.384. The molecule has 0 aliphatic carbocycles. The predicted molar refractivity (Wildman–Crippen MR) is 96.5 cm³/mol. The minimum atomic E-state index is -0.535. The van der Waals surface area contributed by atoms with E-state index in [1.54, 1.807) is 12.3 Å². The number of rotatable bonds is 9. The summed E-state index contributed by atoms with van der Waals surface area (Å²) in [4.78, 5) is 24.2. The van der Waals surface area contributed by atoms with E-state index in [1.165, 1.54) is 22.9 Å². The molecular formula is C16H20ClN5O4. The van der Waals surface area contributed by atoms with Crippen LogP contribution in [0.25, 0.3) is 0 Å². The van der Waals surface area contributed by atoms with Gasteiger partial charge in [-0.15, -0.1) is 0 Å². The summed E-state index contributed by atoms with van der Waals surface area (Å²) in [6.45, 7) is 1.47. The molecule has 0 atom stereocenters. The van der Waals surface area contributed by atoms with E-state index in [4.69, 9.17) is 16.3 Å². The lowest BCUT2D eigenvalue weighted by Gasteiger charge is -2.09. The van der Waals surface area contributed by atoms with Gasteiger partial charge in [0.15, 0.2) is 6.73 Å². The highest BCUT2D eigenvalue weighted by atomic mass is 35.5. The Labute approximate surface area is 155 Å². The predicted octanol–water partition coefficient (Wildman–Crippen LogP) is 2.16. The fraction of sp³-hybridized carbons (Fsp3) is 0.375. The number of amides is 1. The summed E-state index contributed by atoms with van der Waals surface area (Å²) in [6, 6.07) is 5.52. The smallest absolute Gasteiger partial charge is 0.271 e. The number of non-ortho nitro benzene ring substituents is 1. The van der Waals surface area contributed by atoms with Crippen molar-refractivity contribution in [2.75, 3.05) is 27.2 Å². The first-order valence-corrected chi connectivity index (χ1v) is 8.27. The summed E-state index contributed by atoms with van der Waals surface area (Å²) < 4.78 is 6.92. The third-order valence-electron chi connectivity index (χ3n) is 3.42. The van der Waals surface area contributed by atoms with Gasteiger partial charge in [0.1, 0.15) is 11.4 Å². The molecule has 0 unspecified atom stereocenters. The van der Waals surface area contributed by atoms with E-state index in [0.717, 1.165) is 13.0 Å². The molecule has 10 heteroatoms. The highest BCUT2D eigenvalue weighted by molar-refractivity contribution is 6.32. The number of nitro groups is 1. The topological polar surface area (TPSA) is 103 Å². The minimum absolute atomic E-state index is 0.0193. The first-order valence-electron chi connectivity index (χ1n) is 7.90. The Bertz CT molecular complexity index is 778. The van der Waals surface area contributed by atoms with Crippen molar-refractivity contribution >= 4 is 23.2 Å². The summed E-state index contributed by atoms with van der Waals surface area (Å²) in [5, 5.41) is 17.8. The Balaban J connectivity index is 1.86. The van der Waals surface area contributed by atoms with Crippen LogP contribution < -0.4 is 10.1 Å². The second-order valence-corrected chi connectivity index (χ2v) is 6.21. The van der Waals surface area contributed by atoms with E-state index in [1.807, 2.05) is 19.0 Å². The molecule has 0 aliphatic rings. The molecule has 26 heavy (non-hydrogen) atoms. The van der Waals surface area contributed by atoms with Crippen LogP contribution in [0.2, 0.25) is 5.02 Å². The number of hydrogen-bond acceptors (Lipinski definition) is 6. The van der Waals surface area contributed by atoms with E-state index in [9.17, 15) is 14.9 Å². The van der Waals surface area contributed by atoms with Crippen LogP contribution in [0.4, 0.5) is 5.69 Å². The van der Waals surface area contributed by atoms with Gasteiger partial charge >= 0.3 is 0 Å². The molecule has 1 amide bonds. The number of benzene rings is 1. The SMILES string of the molecule is CN(C)CCCNC(=O)c1ccn(COc2ccc([N+](=O)[O-])cc2Cl)n1. The molecule has 0 saturated heterocycles. The van der Waals surface area contributed by atoms with Crippen molar-refractivity contribution in [1.29, 1.82) is 0 Å². The fourth-order valence-electron chi connectivity index (χ4n) is 2.10. The molecule has 9 nitrogen and oxygen atoms in total. The summed E-state index contributed by atoms with van der Waals surface area (Å²) in [5.74, 6) is 0.0401. The number of nitro benzene ring substituents is 1. The minimum Gasteiger partial charge on any atom is -0.470 e. The maximum atomic E-state index is 12.0. The van der Waals surface area contributed by atoms with Crippen molar-refractivity contribution in [2.45, 2.75) is 13.2 Å². The summed E-state index contributed by atoms with van der Waals surface area (Å²) in [5.41, 5.74) is 0.169. The van der Waals surface area contributed by atoms with Crippen LogP contribution in [0.5, 0.6) is 5.75 Å². The van der Waals surface area contributed by atoms with E-state index >= 15 is 0 Å². The van der Waals surface area contributed by atoms with Crippen molar-refractivity contribution in [1.82, 2.24) is 20.0 Å². The zero-order valence-electron chi connectivity index (χ0n) is 14.5. The van der Waals surface area contributed by atoms with Crippen molar-refractivity contribution in [3.8, 4) is 5.75 Å². The Morgan fingerprint density at radius 1 is 1.42 bits per heavy atom. The Kier molecular flexibility index (Phi) is 6.93. The average Bonchev–Trinajstić information content (AvgIpc) is 3.06. The number of carbonyl (C=O) groups excluding carboxylic acids is 1. The zero-order valence-corrected chi connectivity index (χ0v) is 15.3. The van der Waals surface area contributed by atoms with Crippen molar-refractivity contribution in [3.05, 3.63) is 51.3 Å². The second kappa shape index (κ2) is 9.16.